The number of hydrogen-bond acceptors (Lipinski definition) is 3. The first-order valence-electron chi connectivity index (χ1n) is 6.43. The molecular formula is C15H25NO2. The maximum absolute atomic E-state index is 9.77. The fourth-order valence-corrected chi connectivity index (χ4v) is 1.55. The van der Waals surface area contributed by atoms with E-state index in [2.05, 4.69) is 33.0 Å². The normalized spacial score (nSPS) is 11.9. The molecule has 3 nitrogen and oxygen atoms in total. The summed E-state index contributed by atoms with van der Waals surface area (Å²) in [5.41, 5.74) is 1.11. The van der Waals surface area contributed by atoms with E-state index in [1.54, 1.807) is 19.2 Å². The molecule has 3 heteroatoms. The molecule has 2 N–H and O–H groups in total. The minimum absolute atomic E-state index is 0.245. The Morgan fingerprint density at radius 2 is 2.00 bits per heavy atom. The molecule has 18 heavy (non-hydrogen) atoms. The van der Waals surface area contributed by atoms with Gasteiger partial charge in [-0.25, -0.2) is 0 Å². The van der Waals surface area contributed by atoms with E-state index in [-0.39, 0.29) is 5.41 Å². The second kappa shape index (κ2) is 6.10. The van der Waals surface area contributed by atoms with Crippen LogP contribution in [0.5, 0.6) is 11.5 Å². The first-order valence-corrected chi connectivity index (χ1v) is 6.43. The number of phenolic OH excluding ortho intramolecular Hbond substituents is 1. The van der Waals surface area contributed by atoms with E-state index < -0.39 is 0 Å². The summed E-state index contributed by atoms with van der Waals surface area (Å²) in [4.78, 5) is 0. The second-order valence-electron chi connectivity index (χ2n) is 5.74. The van der Waals surface area contributed by atoms with Crippen molar-refractivity contribution >= 4 is 0 Å². The molecule has 0 atom stereocenters. The van der Waals surface area contributed by atoms with E-state index in [4.69, 9.17) is 4.74 Å². The second-order valence-corrected chi connectivity index (χ2v) is 5.74. The largest absolute Gasteiger partial charge is 0.508 e. The maximum atomic E-state index is 9.77. The minimum Gasteiger partial charge on any atom is -0.508 e. The van der Waals surface area contributed by atoms with Gasteiger partial charge in [0.25, 0.3) is 0 Å². The van der Waals surface area contributed by atoms with E-state index in [9.17, 15) is 5.11 Å². The van der Waals surface area contributed by atoms with Crippen LogP contribution in [0.1, 0.15) is 33.3 Å². The average molecular weight is 251 g/mol. The van der Waals surface area contributed by atoms with Gasteiger partial charge in [0.1, 0.15) is 11.5 Å². The lowest BCUT2D eigenvalue weighted by molar-refractivity contribution is 0.237. The molecule has 0 amide bonds. The molecule has 0 saturated carbocycles. The average Bonchev–Trinajstić information content (AvgIpc) is 2.31. The minimum atomic E-state index is 0.245. The summed E-state index contributed by atoms with van der Waals surface area (Å²) in [6.45, 7) is 10.5. The van der Waals surface area contributed by atoms with E-state index in [1.165, 1.54) is 0 Å². The molecule has 0 aromatic heterocycles. The molecule has 0 bridgehead atoms. The molecule has 0 unspecified atom stereocenters. The monoisotopic (exact) mass is 251 g/mol. The van der Waals surface area contributed by atoms with Gasteiger partial charge in [0.2, 0.25) is 0 Å². The van der Waals surface area contributed by atoms with Crippen LogP contribution in [-0.4, -0.2) is 18.8 Å². The molecule has 0 radical (unpaired) electrons. The number of phenols is 1. The van der Waals surface area contributed by atoms with Crippen LogP contribution in [-0.2, 0) is 6.54 Å². The SMILES string of the molecule is COc1ccc(O)c(CNCC(C)(C)C(C)C)c1. The molecule has 0 aliphatic rings. The topological polar surface area (TPSA) is 41.5 Å². The van der Waals surface area contributed by atoms with E-state index in [0.717, 1.165) is 17.9 Å². The molecule has 102 valence electrons. The van der Waals surface area contributed by atoms with Gasteiger partial charge in [-0.3, -0.25) is 0 Å². The molecule has 0 spiro atoms. The van der Waals surface area contributed by atoms with Crippen LogP contribution in [0.15, 0.2) is 18.2 Å². The van der Waals surface area contributed by atoms with Gasteiger partial charge in [0.15, 0.2) is 0 Å². The standard InChI is InChI=1S/C15H25NO2/c1-11(2)15(3,4)10-16-9-12-8-13(18-5)6-7-14(12)17/h6-8,11,16-17H,9-10H2,1-5H3. The first-order chi connectivity index (χ1) is 8.36. The van der Waals surface area contributed by atoms with Gasteiger partial charge >= 0.3 is 0 Å². The highest BCUT2D eigenvalue weighted by atomic mass is 16.5. The van der Waals surface area contributed by atoms with Crippen LogP contribution in [0, 0.1) is 11.3 Å². The number of methoxy groups -OCH3 is 1. The highest BCUT2D eigenvalue weighted by molar-refractivity contribution is 5.39. The van der Waals surface area contributed by atoms with Gasteiger partial charge in [-0.1, -0.05) is 27.7 Å². The molecule has 0 heterocycles. The molecule has 0 aliphatic carbocycles. The molecule has 1 aromatic carbocycles. The Labute approximate surface area is 110 Å². The molecule has 0 saturated heterocycles. The molecule has 1 rings (SSSR count). The number of benzene rings is 1. The fraction of sp³-hybridized carbons (Fsp3) is 0.600. The number of nitrogens with one attached hydrogen (secondary N) is 1. The highest BCUT2D eigenvalue weighted by Crippen LogP contribution is 2.26. The van der Waals surface area contributed by atoms with Gasteiger partial charge in [0, 0.05) is 18.7 Å². The zero-order chi connectivity index (χ0) is 13.8. The van der Waals surface area contributed by atoms with Crippen molar-refractivity contribution in [3.05, 3.63) is 23.8 Å². The number of hydrogen-bond donors (Lipinski definition) is 2. The Morgan fingerprint density at radius 3 is 2.56 bits per heavy atom. The van der Waals surface area contributed by atoms with Crippen molar-refractivity contribution in [2.24, 2.45) is 11.3 Å². The van der Waals surface area contributed by atoms with Gasteiger partial charge in [-0.2, -0.15) is 0 Å². The lowest BCUT2D eigenvalue weighted by atomic mass is 9.81. The van der Waals surface area contributed by atoms with Crippen molar-refractivity contribution in [3.63, 3.8) is 0 Å². The van der Waals surface area contributed by atoms with Gasteiger partial charge in [-0.15, -0.1) is 0 Å². The van der Waals surface area contributed by atoms with Crippen molar-refractivity contribution in [2.75, 3.05) is 13.7 Å². The molecule has 0 fully saturated rings. The summed E-state index contributed by atoms with van der Waals surface area (Å²) < 4.78 is 5.16. The maximum Gasteiger partial charge on any atom is 0.120 e. The fourth-order valence-electron chi connectivity index (χ4n) is 1.55. The van der Waals surface area contributed by atoms with Crippen molar-refractivity contribution in [3.8, 4) is 11.5 Å². The van der Waals surface area contributed by atoms with E-state index >= 15 is 0 Å². The van der Waals surface area contributed by atoms with Crippen LogP contribution >= 0.6 is 0 Å². The summed E-state index contributed by atoms with van der Waals surface area (Å²) in [5, 5.41) is 13.2. The Hall–Kier alpha value is -1.22. The highest BCUT2D eigenvalue weighted by Gasteiger charge is 2.21. The predicted molar refractivity (Wildman–Crippen MR) is 75.0 cm³/mol. The van der Waals surface area contributed by atoms with Crippen molar-refractivity contribution in [1.29, 1.82) is 0 Å². The Morgan fingerprint density at radius 1 is 1.33 bits per heavy atom. The third-order valence-corrected chi connectivity index (χ3v) is 3.75. The van der Waals surface area contributed by atoms with Crippen LogP contribution in [0.3, 0.4) is 0 Å². The van der Waals surface area contributed by atoms with Gasteiger partial charge in [0.05, 0.1) is 7.11 Å². The van der Waals surface area contributed by atoms with Gasteiger partial charge in [-0.05, 0) is 29.5 Å². The van der Waals surface area contributed by atoms with Crippen molar-refractivity contribution in [2.45, 2.75) is 34.2 Å². The van der Waals surface area contributed by atoms with Crippen LogP contribution in [0.25, 0.3) is 0 Å². The predicted octanol–water partition coefficient (Wildman–Crippen LogP) is 3.17. The van der Waals surface area contributed by atoms with Crippen LogP contribution < -0.4 is 10.1 Å². The first kappa shape index (κ1) is 14.8. The number of rotatable bonds is 6. The van der Waals surface area contributed by atoms with E-state index in [1.807, 2.05) is 6.07 Å². The third-order valence-electron chi connectivity index (χ3n) is 3.75. The Balaban J connectivity index is 2.58. The summed E-state index contributed by atoms with van der Waals surface area (Å²) in [7, 11) is 1.63. The Bertz CT molecular complexity index is 386. The number of ether oxygens (including phenoxy) is 1. The van der Waals surface area contributed by atoms with Crippen molar-refractivity contribution < 1.29 is 9.84 Å². The lowest BCUT2D eigenvalue weighted by Crippen LogP contribution is -2.33. The summed E-state index contributed by atoms with van der Waals surface area (Å²) in [6, 6.07) is 5.30. The van der Waals surface area contributed by atoms with Crippen molar-refractivity contribution in [1.82, 2.24) is 5.32 Å². The molecule has 0 aliphatic heterocycles. The van der Waals surface area contributed by atoms with E-state index in [0.29, 0.717) is 18.2 Å². The Kier molecular flexibility index (Phi) is 5.03. The summed E-state index contributed by atoms with van der Waals surface area (Å²) >= 11 is 0. The van der Waals surface area contributed by atoms with Crippen LogP contribution in [0.2, 0.25) is 0 Å². The quantitative estimate of drug-likeness (QED) is 0.816. The van der Waals surface area contributed by atoms with Crippen LogP contribution in [0.4, 0.5) is 0 Å². The van der Waals surface area contributed by atoms with Gasteiger partial charge < -0.3 is 15.2 Å². The molecular weight excluding hydrogens is 226 g/mol. The smallest absolute Gasteiger partial charge is 0.120 e. The zero-order valence-corrected chi connectivity index (χ0v) is 12.1. The summed E-state index contributed by atoms with van der Waals surface area (Å²) in [5.74, 6) is 1.70. The zero-order valence-electron chi connectivity index (χ0n) is 12.1. The lowest BCUT2D eigenvalue weighted by Gasteiger charge is -2.29. The molecule has 1 aromatic rings. The summed E-state index contributed by atoms with van der Waals surface area (Å²) in [6.07, 6.45) is 0. The third kappa shape index (κ3) is 3.91. The number of aromatic hydroxyl groups is 1.